The fraction of sp³-hybridized carbons (Fsp3) is 0.417. The molecule has 20 heavy (non-hydrogen) atoms. The van der Waals surface area contributed by atoms with Gasteiger partial charge in [-0.05, 0) is 41.1 Å². The third kappa shape index (κ3) is 3.13. The van der Waals surface area contributed by atoms with Crippen LogP contribution in [0, 0.1) is 6.92 Å². The molecule has 0 fully saturated rings. The van der Waals surface area contributed by atoms with Crippen LogP contribution in [0.15, 0.2) is 18.2 Å². The number of tetrazole rings is 1. The van der Waals surface area contributed by atoms with E-state index in [9.17, 15) is 8.42 Å². The smallest absolute Gasteiger partial charge is 0.182 e. The second-order valence-electron chi connectivity index (χ2n) is 4.54. The maximum Gasteiger partial charge on any atom is 0.182 e. The zero-order chi connectivity index (χ0) is 14.8. The molecule has 0 unspecified atom stereocenters. The van der Waals surface area contributed by atoms with Crippen LogP contribution in [0.5, 0.6) is 0 Å². The third-order valence-electron chi connectivity index (χ3n) is 3.08. The number of aromatic nitrogens is 4. The van der Waals surface area contributed by atoms with Crippen LogP contribution in [0.2, 0.25) is 0 Å². The molecule has 1 aromatic carbocycles. The zero-order valence-corrected chi connectivity index (χ0v) is 12.3. The third-order valence-corrected chi connectivity index (χ3v) is 4.76. The summed E-state index contributed by atoms with van der Waals surface area (Å²) in [6.07, 6.45) is 0. The normalized spacial score (nSPS) is 11.7. The average molecular weight is 295 g/mol. The quantitative estimate of drug-likeness (QED) is 0.813. The van der Waals surface area contributed by atoms with E-state index in [0.717, 1.165) is 11.1 Å². The zero-order valence-electron chi connectivity index (χ0n) is 11.4. The minimum absolute atomic E-state index is 0.0234. The lowest BCUT2D eigenvalue weighted by atomic mass is 10.1. The molecule has 1 heterocycles. The Labute approximate surface area is 117 Å². The number of nitrogen functional groups attached to an aromatic ring is 1. The second kappa shape index (κ2) is 5.58. The fourth-order valence-corrected chi connectivity index (χ4v) is 2.60. The Balaban J connectivity index is 2.29. The van der Waals surface area contributed by atoms with Crippen LogP contribution >= 0.6 is 0 Å². The Morgan fingerprint density at radius 3 is 2.75 bits per heavy atom. The molecule has 108 valence electrons. The Morgan fingerprint density at radius 1 is 1.35 bits per heavy atom. The number of nitrogens with two attached hydrogens (primary N) is 1. The van der Waals surface area contributed by atoms with Crippen molar-refractivity contribution in [1.82, 2.24) is 20.2 Å². The molecule has 2 rings (SSSR count). The van der Waals surface area contributed by atoms with E-state index < -0.39 is 9.84 Å². The molecule has 0 spiro atoms. The highest BCUT2D eigenvalue weighted by atomic mass is 32.2. The predicted octanol–water partition coefficient (Wildman–Crippen LogP) is 0.665. The molecule has 0 saturated carbocycles. The van der Waals surface area contributed by atoms with E-state index in [2.05, 4.69) is 15.5 Å². The Morgan fingerprint density at radius 2 is 2.10 bits per heavy atom. The van der Waals surface area contributed by atoms with Gasteiger partial charge in [0.25, 0.3) is 0 Å². The van der Waals surface area contributed by atoms with E-state index in [-0.39, 0.29) is 18.1 Å². The van der Waals surface area contributed by atoms with Crippen LogP contribution in [0.1, 0.15) is 12.5 Å². The number of sulfone groups is 1. The number of nitrogens with zero attached hydrogens (tertiary/aromatic N) is 4. The summed E-state index contributed by atoms with van der Waals surface area (Å²) in [4.78, 5) is 0. The molecule has 0 aliphatic rings. The summed E-state index contributed by atoms with van der Waals surface area (Å²) in [5.41, 5.74) is 8.17. The van der Waals surface area contributed by atoms with Gasteiger partial charge in [-0.2, -0.15) is 0 Å². The first-order valence-electron chi connectivity index (χ1n) is 6.26. The molecule has 2 N–H and O–H groups in total. The lowest BCUT2D eigenvalue weighted by Gasteiger charge is -2.07. The highest BCUT2D eigenvalue weighted by molar-refractivity contribution is 7.91. The predicted molar refractivity (Wildman–Crippen MR) is 76.7 cm³/mol. The van der Waals surface area contributed by atoms with Crippen molar-refractivity contribution in [2.45, 2.75) is 20.4 Å². The monoisotopic (exact) mass is 295 g/mol. The average Bonchev–Trinajstić information content (AvgIpc) is 2.85. The summed E-state index contributed by atoms with van der Waals surface area (Å²) in [6.45, 7) is 3.77. The van der Waals surface area contributed by atoms with Crippen LogP contribution in [-0.2, 0) is 16.4 Å². The molecule has 1 aromatic heterocycles. The van der Waals surface area contributed by atoms with E-state index >= 15 is 0 Å². The number of benzene rings is 1. The van der Waals surface area contributed by atoms with Crippen LogP contribution in [0.25, 0.3) is 11.4 Å². The summed E-state index contributed by atoms with van der Waals surface area (Å²) in [7, 11) is -3.05. The van der Waals surface area contributed by atoms with Gasteiger partial charge in [0.1, 0.15) is 0 Å². The number of aryl methyl sites for hydroxylation is 2. The van der Waals surface area contributed by atoms with E-state index in [4.69, 9.17) is 5.73 Å². The molecule has 0 radical (unpaired) electrons. The number of rotatable bonds is 5. The van der Waals surface area contributed by atoms with Gasteiger partial charge in [-0.15, -0.1) is 5.10 Å². The van der Waals surface area contributed by atoms with Crippen molar-refractivity contribution in [3.63, 3.8) is 0 Å². The van der Waals surface area contributed by atoms with Crippen LogP contribution in [-0.4, -0.2) is 40.1 Å². The van der Waals surface area contributed by atoms with Crippen LogP contribution in [0.3, 0.4) is 0 Å². The summed E-state index contributed by atoms with van der Waals surface area (Å²) in [5.74, 6) is 0.690. The van der Waals surface area contributed by atoms with Crippen molar-refractivity contribution in [2.75, 3.05) is 17.2 Å². The number of hydrogen-bond acceptors (Lipinski definition) is 6. The molecule has 7 nitrogen and oxygen atoms in total. The maximum atomic E-state index is 11.6. The van der Waals surface area contributed by atoms with Gasteiger partial charge in [-0.1, -0.05) is 6.92 Å². The summed E-state index contributed by atoms with van der Waals surface area (Å²) in [5, 5.41) is 11.4. The largest absolute Gasteiger partial charge is 0.399 e. The minimum atomic E-state index is -3.05. The highest BCUT2D eigenvalue weighted by Crippen LogP contribution is 2.22. The Kier molecular flexibility index (Phi) is 4.03. The molecule has 0 bridgehead atoms. The van der Waals surface area contributed by atoms with Gasteiger partial charge in [0.2, 0.25) is 0 Å². The molecular formula is C12H17N5O2S. The Hall–Kier alpha value is -1.96. The van der Waals surface area contributed by atoms with Crippen molar-refractivity contribution in [2.24, 2.45) is 0 Å². The van der Waals surface area contributed by atoms with E-state index in [1.165, 1.54) is 4.68 Å². The maximum absolute atomic E-state index is 11.6. The first-order chi connectivity index (χ1) is 9.43. The van der Waals surface area contributed by atoms with Crippen molar-refractivity contribution >= 4 is 15.5 Å². The summed E-state index contributed by atoms with van der Waals surface area (Å²) in [6, 6.07) is 5.43. The van der Waals surface area contributed by atoms with Crippen molar-refractivity contribution in [1.29, 1.82) is 0 Å². The van der Waals surface area contributed by atoms with Crippen molar-refractivity contribution in [3.05, 3.63) is 23.8 Å². The molecule has 2 aromatic rings. The van der Waals surface area contributed by atoms with Gasteiger partial charge in [0.15, 0.2) is 15.7 Å². The summed E-state index contributed by atoms with van der Waals surface area (Å²) >= 11 is 0. The van der Waals surface area contributed by atoms with E-state index in [1.807, 2.05) is 19.1 Å². The van der Waals surface area contributed by atoms with E-state index in [0.29, 0.717) is 11.5 Å². The number of hydrogen-bond donors (Lipinski definition) is 1. The molecule has 0 aliphatic carbocycles. The van der Waals surface area contributed by atoms with Gasteiger partial charge in [0, 0.05) is 17.0 Å². The molecule has 0 atom stereocenters. The molecule has 0 saturated heterocycles. The number of anilines is 1. The molecule has 8 heteroatoms. The van der Waals surface area contributed by atoms with Gasteiger partial charge < -0.3 is 5.73 Å². The van der Waals surface area contributed by atoms with Gasteiger partial charge >= 0.3 is 0 Å². The van der Waals surface area contributed by atoms with Gasteiger partial charge in [0.05, 0.1) is 12.3 Å². The Bertz CT molecular complexity index is 708. The molecule has 0 amide bonds. The lowest BCUT2D eigenvalue weighted by molar-refractivity contribution is 0.577. The first kappa shape index (κ1) is 14.4. The SMILES string of the molecule is CCS(=O)(=O)CCn1nnnc1-c1ccc(N)cc1C. The second-order valence-corrected chi connectivity index (χ2v) is 7.01. The topological polar surface area (TPSA) is 104 Å². The standard InChI is InChI=1S/C12H17N5O2S/c1-3-20(18,19)7-6-17-12(14-15-16-17)11-5-4-10(13)8-9(11)2/h4-5,8H,3,6-7,13H2,1-2H3. The van der Waals surface area contributed by atoms with E-state index in [1.54, 1.807) is 13.0 Å². The first-order valence-corrected chi connectivity index (χ1v) is 8.08. The lowest BCUT2D eigenvalue weighted by Crippen LogP contribution is -2.16. The summed E-state index contributed by atoms with van der Waals surface area (Å²) < 4.78 is 24.6. The van der Waals surface area contributed by atoms with Crippen LogP contribution in [0.4, 0.5) is 5.69 Å². The molecule has 0 aliphatic heterocycles. The van der Waals surface area contributed by atoms with Crippen LogP contribution < -0.4 is 5.73 Å². The fourth-order valence-electron chi connectivity index (χ4n) is 1.86. The highest BCUT2D eigenvalue weighted by Gasteiger charge is 2.14. The van der Waals surface area contributed by atoms with Gasteiger partial charge in [-0.25, -0.2) is 13.1 Å². The van der Waals surface area contributed by atoms with Gasteiger partial charge in [-0.3, -0.25) is 0 Å². The van der Waals surface area contributed by atoms with Crippen molar-refractivity contribution < 1.29 is 8.42 Å². The minimum Gasteiger partial charge on any atom is -0.399 e. The molecular weight excluding hydrogens is 278 g/mol. The van der Waals surface area contributed by atoms with Crippen molar-refractivity contribution in [3.8, 4) is 11.4 Å².